The van der Waals surface area contributed by atoms with Gasteiger partial charge in [0.2, 0.25) is 5.91 Å². The lowest BCUT2D eigenvalue weighted by Crippen LogP contribution is -2.51. The molecule has 31 heavy (non-hydrogen) atoms. The van der Waals surface area contributed by atoms with Crippen LogP contribution < -0.4 is 10.1 Å². The standard InChI is InChI=1S/C25H29N3O3/c1-17-7-12-21(18(2)15-17)26-22(29)16-28-24(30)23(19-8-10-20(31-3)11-9-19)27-25(28)13-5-4-6-14-25/h7-12,15H,4-6,13-14,16H2,1-3H3,(H,26,29). The van der Waals surface area contributed by atoms with Gasteiger partial charge < -0.3 is 15.0 Å². The summed E-state index contributed by atoms with van der Waals surface area (Å²) in [6, 6.07) is 13.3. The summed E-state index contributed by atoms with van der Waals surface area (Å²) < 4.78 is 5.23. The van der Waals surface area contributed by atoms with Gasteiger partial charge >= 0.3 is 0 Å². The van der Waals surface area contributed by atoms with Crippen LogP contribution in [0.4, 0.5) is 5.69 Å². The molecule has 0 aromatic heterocycles. The first-order valence-electron chi connectivity index (χ1n) is 10.9. The molecule has 1 N–H and O–H groups in total. The number of benzene rings is 2. The third-order valence-electron chi connectivity index (χ3n) is 6.25. The summed E-state index contributed by atoms with van der Waals surface area (Å²) in [6.07, 6.45) is 4.71. The number of carbonyl (C=O) groups excluding carboxylic acids is 2. The number of aliphatic imine (C=N–C) groups is 1. The Morgan fingerprint density at radius 3 is 2.45 bits per heavy atom. The van der Waals surface area contributed by atoms with Crippen molar-refractivity contribution in [2.24, 2.45) is 4.99 Å². The summed E-state index contributed by atoms with van der Waals surface area (Å²) in [5.74, 6) is 0.353. The van der Waals surface area contributed by atoms with Gasteiger partial charge in [-0.3, -0.25) is 14.6 Å². The molecule has 1 fully saturated rings. The molecule has 1 aliphatic carbocycles. The Balaban J connectivity index is 1.58. The third-order valence-corrected chi connectivity index (χ3v) is 6.25. The van der Waals surface area contributed by atoms with Gasteiger partial charge in [-0.1, -0.05) is 24.1 Å². The van der Waals surface area contributed by atoms with Crippen molar-refractivity contribution in [3.63, 3.8) is 0 Å². The lowest BCUT2D eigenvalue weighted by molar-refractivity contribution is -0.134. The van der Waals surface area contributed by atoms with E-state index in [9.17, 15) is 9.59 Å². The Morgan fingerprint density at radius 2 is 1.81 bits per heavy atom. The average molecular weight is 420 g/mol. The minimum absolute atomic E-state index is 0.00466. The predicted molar refractivity (Wildman–Crippen MR) is 122 cm³/mol. The molecule has 2 aromatic rings. The molecular weight excluding hydrogens is 390 g/mol. The Hall–Kier alpha value is -3.15. The zero-order valence-corrected chi connectivity index (χ0v) is 18.4. The number of carbonyl (C=O) groups is 2. The molecule has 1 saturated carbocycles. The SMILES string of the molecule is COc1ccc(C2=NC3(CCCCC3)N(CC(=O)Nc3ccc(C)cc3C)C2=O)cc1. The van der Waals surface area contributed by atoms with E-state index in [-0.39, 0.29) is 18.4 Å². The van der Waals surface area contributed by atoms with Gasteiger partial charge in [-0.15, -0.1) is 0 Å². The number of ether oxygens (including phenoxy) is 1. The highest BCUT2D eigenvalue weighted by molar-refractivity contribution is 6.47. The molecule has 2 aromatic carbocycles. The molecule has 6 heteroatoms. The second kappa shape index (κ2) is 8.53. The number of nitrogens with zero attached hydrogens (tertiary/aromatic N) is 2. The highest BCUT2D eigenvalue weighted by Crippen LogP contribution is 2.39. The molecule has 0 radical (unpaired) electrons. The molecular formula is C25H29N3O3. The maximum Gasteiger partial charge on any atom is 0.275 e. The van der Waals surface area contributed by atoms with Gasteiger partial charge in [0, 0.05) is 11.3 Å². The molecule has 2 aliphatic rings. The summed E-state index contributed by atoms with van der Waals surface area (Å²) >= 11 is 0. The molecule has 6 nitrogen and oxygen atoms in total. The molecule has 0 atom stereocenters. The zero-order valence-electron chi connectivity index (χ0n) is 18.4. The van der Waals surface area contributed by atoms with Crippen LogP contribution in [0.2, 0.25) is 0 Å². The van der Waals surface area contributed by atoms with Crippen LogP contribution in [0.3, 0.4) is 0 Å². The van der Waals surface area contributed by atoms with Gasteiger partial charge in [0.15, 0.2) is 0 Å². The summed E-state index contributed by atoms with van der Waals surface area (Å²) in [5.41, 5.74) is 3.49. The number of hydrogen-bond donors (Lipinski definition) is 1. The van der Waals surface area contributed by atoms with Gasteiger partial charge in [0.05, 0.1) is 7.11 Å². The summed E-state index contributed by atoms with van der Waals surface area (Å²) in [5, 5.41) is 2.98. The fraction of sp³-hybridized carbons (Fsp3) is 0.400. The fourth-order valence-corrected chi connectivity index (χ4v) is 4.58. The summed E-state index contributed by atoms with van der Waals surface area (Å²) in [4.78, 5) is 33.0. The van der Waals surface area contributed by atoms with Crippen molar-refractivity contribution in [3.8, 4) is 5.75 Å². The fourth-order valence-electron chi connectivity index (χ4n) is 4.58. The topological polar surface area (TPSA) is 71.0 Å². The van der Waals surface area contributed by atoms with E-state index in [0.717, 1.165) is 60.2 Å². The Labute approximate surface area is 183 Å². The number of hydrogen-bond acceptors (Lipinski definition) is 4. The highest BCUT2D eigenvalue weighted by Gasteiger charge is 2.48. The lowest BCUT2D eigenvalue weighted by atomic mass is 9.88. The van der Waals surface area contributed by atoms with E-state index in [2.05, 4.69) is 5.32 Å². The van der Waals surface area contributed by atoms with Crippen LogP contribution in [0.1, 0.15) is 48.8 Å². The monoisotopic (exact) mass is 419 g/mol. The van der Waals surface area contributed by atoms with E-state index in [0.29, 0.717) is 5.71 Å². The third kappa shape index (κ3) is 4.20. The maximum atomic E-state index is 13.4. The van der Waals surface area contributed by atoms with Crippen molar-refractivity contribution in [2.75, 3.05) is 19.0 Å². The van der Waals surface area contributed by atoms with Crippen LogP contribution in [-0.4, -0.2) is 41.7 Å². The molecule has 162 valence electrons. The summed E-state index contributed by atoms with van der Waals surface area (Å²) in [7, 11) is 1.61. The van der Waals surface area contributed by atoms with Crippen molar-refractivity contribution in [3.05, 3.63) is 59.2 Å². The smallest absolute Gasteiger partial charge is 0.275 e. The molecule has 0 bridgehead atoms. The van der Waals surface area contributed by atoms with Crippen molar-refractivity contribution in [2.45, 2.75) is 51.6 Å². The van der Waals surface area contributed by atoms with Gasteiger partial charge in [-0.2, -0.15) is 0 Å². The quantitative estimate of drug-likeness (QED) is 0.788. The second-order valence-corrected chi connectivity index (χ2v) is 8.49. The number of anilines is 1. The minimum Gasteiger partial charge on any atom is -0.497 e. The van der Waals surface area contributed by atoms with E-state index < -0.39 is 5.66 Å². The molecule has 2 amide bonds. The normalized spacial score (nSPS) is 17.6. The van der Waals surface area contributed by atoms with Crippen LogP contribution in [-0.2, 0) is 9.59 Å². The van der Waals surface area contributed by atoms with Crippen molar-refractivity contribution >= 4 is 23.2 Å². The van der Waals surface area contributed by atoms with Crippen LogP contribution in [0, 0.1) is 13.8 Å². The van der Waals surface area contributed by atoms with E-state index in [4.69, 9.17) is 9.73 Å². The first-order chi connectivity index (χ1) is 14.9. The summed E-state index contributed by atoms with van der Waals surface area (Å²) in [6.45, 7) is 3.98. The van der Waals surface area contributed by atoms with Crippen LogP contribution in [0.25, 0.3) is 0 Å². The number of rotatable bonds is 5. The number of amides is 2. The number of methoxy groups -OCH3 is 1. The first-order valence-corrected chi connectivity index (χ1v) is 10.9. The van der Waals surface area contributed by atoms with E-state index in [1.54, 1.807) is 12.0 Å². The van der Waals surface area contributed by atoms with Crippen molar-refractivity contribution in [1.82, 2.24) is 4.90 Å². The molecule has 1 aliphatic heterocycles. The molecule has 0 saturated heterocycles. The average Bonchev–Trinajstić information content (AvgIpc) is 3.02. The molecule has 1 heterocycles. The second-order valence-electron chi connectivity index (χ2n) is 8.49. The minimum atomic E-state index is -0.621. The Morgan fingerprint density at radius 1 is 1.10 bits per heavy atom. The largest absolute Gasteiger partial charge is 0.497 e. The van der Waals surface area contributed by atoms with Gasteiger partial charge in [-0.25, -0.2) is 0 Å². The van der Waals surface area contributed by atoms with E-state index >= 15 is 0 Å². The first kappa shape index (κ1) is 21.1. The number of nitrogens with one attached hydrogen (secondary N) is 1. The van der Waals surface area contributed by atoms with Crippen molar-refractivity contribution < 1.29 is 14.3 Å². The lowest BCUT2D eigenvalue weighted by Gasteiger charge is -2.38. The van der Waals surface area contributed by atoms with Crippen LogP contribution in [0.5, 0.6) is 5.75 Å². The molecule has 0 unspecified atom stereocenters. The Kier molecular flexibility index (Phi) is 5.81. The molecule has 4 rings (SSSR count). The number of aryl methyl sites for hydroxylation is 2. The van der Waals surface area contributed by atoms with Gasteiger partial charge in [0.1, 0.15) is 23.7 Å². The molecule has 1 spiro atoms. The maximum absolute atomic E-state index is 13.4. The highest BCUT2D eigenvalue weighted by atomic mass is 16.5. The van der Waals surface area contributed by atoms with Crippen molar-refractivity contribution in [1.29, 1.82) is 0 Å². The van der Waals surface area contributed by atoms with Gasteiger partial charge in [-0.05, 0) is 75.4 Å². The van der Waals surface area contributed by atoms with Gasteiger partial charge in [0.25, 0.3) is 5.91 Å². The van der Waals surface area contributed by atoms with E-state index in [1.807, 2.05) is 56.3 Å². The zero-order chi connectivity index (χ0) is 22.0. The Bertz CT molecular complexity index is 1020. The van der Waals surface area contributed by atoms with Crippen LogP contribution in [0.15, 0.2) is 47.5 Å². The predicted octanol–water partition coefficient (Wildman–Crippen LogP) is 4.24. The van der Waals surface area contributed by atoms with E-state index in [1.165, 1.54) is 0 Å². The van der Waals surface area contributed by atoms with Crippen LogP contribution >= 0.6 is 0 Å².